The molecular formula is C14H20N6O. The second kappa shape index (κ2) is 5.67. The van der Waals surface area contributed by atoms with Crippen LogP contribution in [0.3, 0.4) is 0 Å². The molecule has 2 aromatic rings. The summed E-state index contributed by atoms with van der Waals surface area (Å²) in [5.74, 6) is 4.36. The van der Waals surface area contributed by atoms with Gasteiger partial charge in [0.2, 0.25) is 5.89 Å². The molecule has 1 fully saturated rings. The first-order chi connectivity index (χ1) is 10.2. The van der Waals surface area contributed by atoms with Crippen molar-refractivity contribution in [3.8, 4) is 0 Å². The van der Waals surface area contributed by atoms with Crippen LogP contribution in [0.5, 0.6) is 0 Å². The number of aromatic nitrogens is 4. The minimum atomic E-state index is 0.467. The Bertz CT molecular complexity index is 634. The fourth-order valence-electron chi connectivity index (χ4n) is 2.14. The maximum atomic E-state index is 5.11. The third-order valence-corrected chi connectivity index (χ3v) is 3.43. The molecule has 112 valence electrons. The van der Waals surface area contributed by atoms with Gasteiger partial charge in [-0.3, -0.25) is 0 Å². The lowest BCUT2D eigenvalue weighted by Gasteiger charge is -2.13. The van der Waals surface area contributed by atoms with Crippen molar-refractivity contribution < 1.29 is 4.52 Å². The smallest absolute Gasteiger partial charge is 0.245 e. The van der Waals surface area contributed by atoms with Crippen molar-refractivity contribution in [3.05, 3.63) is 23.1 Å². The monoisotopic (exact) mass is 288 g/mol. The molecule has 7 nitrogen and oxygen atoms in total. The van der Waals surface area contributed by atoms with Crippen LogP contribution in [0.1, 0.15) is 48.8 Å². The van der Waals surface area contributed by atoms with Gasteiger partial charge in [0.05, 0.1) is 6.54 Å². The average Bonchev–Trinajstić information content (AvgIpc) is 3.23. The number of nitrogens with zero attached hydrogens (tertiary/aromatic N) is 4. The largest absolute Gasteiger partial charge is 0.370 e. The molecule has 0 radical (unpaired) electrons. The van der Waals surface area contributed by atoms with Gasteiger partial charge in [-0.1, -0.05) is 5.16 Å². The summed E-state index contributed by atoms with van der Waals surface area (Å²) < 4.78 is 5.11. The Morgan fingerprint density at radius 1 is 1.10 bits per heavy atom. The first-order valence-corrected chi connectivity index (χ1v) is 7.32. The summed E-state index contributed by atoms with van der Waals surface area (Å²) in [6.07, 6.45) is 2.36. The second-order valence-corrected chi connectivity index (χ2v) is 5.30. The molecule has 0 aliphatic heterocycles. The molecule has 0 saturated heterocycles. The first kappa shape index (κ1) is 13.8. The van der Waals surface area contributed by atoms with Crippen LogP contribution in [0.2, 0.25) is 0 Å². The van der Waals surface area contributed by atoms with E-state index in [0.717, 1.165) is 29.6 Å². The Morgan fingerprint density at radius 2 is 1.81 bits per heavy atom. The molecule has 2 aromatic heterocycles. The van der Waals surface area contributed by atoms with Gasteiger partial charge in [0.15, 0.2) is 5.82 Å². The maximum Gasteiger partial charge on any atom is 0.245 e. The van der Waals surface area contributed by atoms with Crippen LogP contribution in [0.4, 0.5) is 11.6 Å². The zero-order chi connectivity index (χ0) is 14.8. The molecule has 7 heteroatoms. The molecule has 0 aromatic carbocycles. The van der Waals surface area contributed by atoms with Crippen LogP contribution < -0.4 is 10.6 Å². The molecule has 0 amide bonds. The van der Waals surface area contributed by atoms with E-state index in [9.17, 15) is 0 Å². The molecule has 3 rings (SSSR count). The van der Waals surface area contributed by atoms with Crippen molar-refractivity contribution in [1.29, 1.82) is 0 Å². The highest BCUT2D eigenvalue weighted by atomic mass is 16.5. The highest BCUT2D eigenvalue weighted by Gasteiger charge is 2.28. The van der Waals surface area contributed by atoms with Crippen molar-refractivity contribution in [1.82, 2.24) is 20.1 Å². The van der Waals surface area contributed by atoms with Crippen molar-refractivity contribution in [2.45, 2.75) is 46.1 Å². The SMILES string of the molecule is CCNc1nc(C2CC2)nc(NCc2nc(C)no2)c1C. The second-order valence-electron chi connectivity index (χ2n) is 5.30. The number of rotatable bonds is 6. The lowest BCUT2D eigenvalue weighted by Crippen LogP contribution is -2.11. The summed E-state index contributed by atoms with van der Waals surface area (Å²) in [6, 6.07) is 0. The van der Waals surface area contributed by atoms with E-state index >= 15 is 0 Å². The summed E-state index contributed by atoms with van der Waals surface area (Å²) in [4.78, 5) is 13.5. The number of nitrogens with one attached hydrogen (secondary N) is 2. The van der Waals surface area contributed by atoms with E-state index in [1.54, 1.807) is 6.92 Å². The minimum absolute atomic E-state index is 0.467. The van der Waals surface area contributed by atoms with Gasteiger partial charge in [0, 0.05) is 18.0 Å². The third-order valence-electron chi connectivity index (χ3n) is 3.43. The lowest BCUT2D eigenvalue weighted by atomic mass is 10.2. The van der Waals surface area contributed by atoms with Gasteiger partial charge in [-0.2, -0.15) is 4.98 Å². The lowest BCUT2D eigenvalue weighted by molar-refractivity contribution is 0.379. The third kappa shape index (κ3) is 3.12. The molecule has 1 aliphatic rings. The average molecular weight is 288 g/mol. The number of hydrogen-bond acceptors (Lipinski definition) is 7. The first-order valence-electron chi connectivity index (χ1n) is 7.32. The number of aryl methyl sites for hydroxylation is 1. The van der Waals surface area contributed by atoms with Crippen molar-refractivity contribution >= 4 is 11.6 Å². The predicted molar refractivity (Wildman–Crippen MR) is 79.3 cm³/mol. The van der Waals surface area contributed by atoms with Gasteiger partial charge in [-0.25, -0.2) is 9.97 Å². The van der Waals surface area contributed by atoms with Gasteiger partial charge >= 0.3 is 0 Å². The van der Waals surface area contributed by atoms with Crippen LogP contribution in [0, 0.1) is 13.8 Å². The quantitative estimate of drug-likeness (QED) is 0.843. The van der Waals surface area contributed by atoms with Gasteiger partial charge in [-0.05, 0) is 33.6 Å². The zero-order valence-electron chi connectivity index (χ0n) is 12.6. The fraction of sp³-hybridized carbons (Fsp3) is 0.571. The van der Waals surface area contributed by atoms with Gasteiger partial charge < -0.3 is 15.2 Å². The Kier molecular flexibility index (Phi) is 3.72. The molecule has 0 bridgehead atoms. The van der Waals surface area contributed by atoms with E-state index in [4.69, 9.17) is 4.52 Å². The number of hydrogen-bond donors (Lipinski definition) is 2. The van der Waals surface area contributed by atoms with E-state index in [-0.39, 0.29) is 0 Å². The van der Waals surface area contributed by atoms with Crippen molar-refractivity contribution in [2.24, 2.45) is 0 Å². The Balaban J connectivity index is 1.81. The Labute approximate surface area is 123 Å². The molecule has 21 heavy (non-hydrogen) atoms. The molecule has 1 aliphatic carbocycles. The van der Waals surface area contributed by atoms with Gasteiger partial charge in [-0.15, -0.1) is 0 Å². The normalized spacial score (nSPS) is 14.2. The minimum Gasteiger partial charge on any atom is -0.370 e. The molecule has 2 heterocycles. The van der Waals surface area contributed by atoms with Crippen LogP contribution in [0.25, 0.3) is 0 Å². The Morgan fingerprint density at radius 3 is 2.38 bits per heavy atom. The molecule has 0 unspecified atom stereocenters. The van der Waals surface area contributed by atoms with Crippen LogP contribution in [-0.2, 0) is 6.54 Å². The van der Waals surface area contributed by atoms with Crippen LogP contribution in [-0.4, -0.2) is 26.7 Å². The molecule has 1 saturated carbocycles. The van der Waals surface area contributed by atoms with E-state index in [0.29, 0.717) is 24.2 Å². The summed E-state index contributed by atoms with van der Waals surface area (Å²) in [5, 5.41) is 10.4. The van der Waals surface area contributed by atoms with Crippen LogP contribution in [0.15, 0.2) is 4.52 Å². The summed E-state index contributed by atoms with van der Waals surface area (Å²) >= 11 is 0. The highest BCUT2D eigenvalue weighted by Crippen LogP contribution is 2.39. The molecule has 2 N–H and O–H groups in total. The highest BCUT2D eigenvalue weighted by molar-refractivity contribution is 5.57. The topological polar surface area (TPSA) is 88.8 Å². The molecular weight excluding hydrogens is 268 g/mol. The molecule has 0 atom stereocenters. The fourth-order valence-corrected chi connectivity index (χ4v) is 2.14. The molecule has 0 spiro atoms. The standard InChI is InChI=1S/C14H20N6O/c1-4-15-12-8(2)13(19-14(18-12)10-5-6-10)16-7-11-17-9(3)20-21-11/h10H,4-7H2,1-3H3,(H2,15,16,18,19). The van der Waals surface area contributed by atoms with Crippen LogP contribution >= 0.6 is 0 Å². The van der Waals surface area contributed by atoms with Gasteiger partial charge in [0.1, 0.15) is 17.5 Å². The summed E-state index contributed by atoms with van der Waals surface area (Å²) in [6.45, 7) is 7.18. The predicted octanol–water partition coefficient (Wildman–Crippen LogP) is 2.40. The van der Waals surface area contributed by atoms with Crippen molar-refractivity contribution in [2.75, 3.05) is 17.2 Å². The summed E-state index contributed by atoms with van der Waals surface area (Å²) in [5.41, 5.74) is 1.01. The van der Waals surface area contributed by atoms with Gasteiger partial charge in [0.25, 0.3) is 0 Å². The van der Waals surface area contributed by atoms with E-state index in [1.807, 2.05) is 6.92 Å². The number of anilines is 2. The summed E-state index contributed by atoms with van der Waals surface area (Å²) in [7, 11) is 0. The Hall–Kier alpha value is -2.18. The van der Waals surface area contributed by atoms with E-state index in [2.05, 4.69) is 37.7 Å². The van der Waals surface area contributed by atoms with Crippen molar-refractivity contribution in [3.63, 3.8) is 0 Å². The van der Waals surface area contributed by atoms with E-state index in [1.165, 1.54) is 12.8 Å². The zero-order valence-corrected chi connectivity index (χ0v) is 12.6. The van der Waals surface area contributed by atoms with E-state index < -0.39 is 0 Å². The maximum absolute atomic E-state index is 5.11.